The zero-order valence-corrected chi connectivity index (χ0v) is 10.2. The lowest BCUT2D eigenvalue weighted by Gasteiger charge is -2.03. The molecule has 0 atom stereocenters. The van der Waals surface area contributed by atoms with Gasteiger partial charge in [-0.3, -0.25) is 0 Å². The minimum atomic E-state index is -1.44. The predicted octanol–water partition coefficient (Wildman–Crippen LogP) is 4.34. The van der Waals surface area contributed by atoms with E-state index in [1.54, 1.807) is 24.3 Å². The van der Waals surface area contributed by atoms with Crippen LogP contribution in [0.5, 0.6) is 5.75 Å². The van der Waals surface area contributed by atoms with Crippen molar-refractivity contribution < 1.29 is 22.3 Å². The number of para-hydroxylation sites is 1. The van der Waals surface area contributed by atoms with E-state index in [1.807, 2.05) is 6.07 Å². The molecule has 2 rings (SSSR count). The van der Waals surface area contributed by atoms with Crippen LogP contribution in [0.1, 0.15) is 5.56 Å². The van der Waals surface area contributed by atoms with Gasteiger partial charge in [0, 0.05) is 6.07 Å². The fourth-order valence-electron chi connectivity index (χ4n) is 1.56. The van der Waals surface area contributed by atoms with Gasteiger partial charge in [0.1, 0.15) is 12.4 Å². The van der Waals surface area contributed by atoms with E-state index >= 15 is 0 Å². The van der Waals surface area contributed by atoms with Crippen LogP contribution in [-0.2, 0) is 0 Å². The van der Waals surface area contributed by atoms with Crippen molar-refractivity contribution in [3.05, 3.63) is 71.3 Å². The van der Waals surface area contributed by atoms with Crippen LogP contribution in [0.4, 0.5) is 17.6 Å². The molecule has 0 N–H and O–H groups in total. The van der Waals surface area contributed by atoms with E-state index in [9.17, 15) is 17.6 Å². The Morgan fingerprint density at radius 3 is 2.10 bits per heavy atom. The van der Waals surface area contributed by atoms with Crippen molar-refractivity contribution in [2.75, 3.05) is 6.61 Å². The lowest BCUT2D eigenvalue weighted by Crippen LogP contribution is -1.99. The van der Waals surface area contributed by atoms with Crippen LogP contribution in [-0.4, -0.2) is 6.61 Å². The van der Waals surface area contributed by atoms with Crippen molar-refractivity contribution in [1.29, 1.82) is 0 Å². The normalized spacial score (nSPS) is 11.0. The molecule has 0 bridgehead atoms. The van der Waals surface area contributed by atoms with Gasteiger partial charge in [0.15, 0.2) is 23.3 Å². The van der Waals surface area contributed by atoms with Gasteiger partial charge in [-0.05, 0) is 24.3 Å². The van der Waals surface area contributed by atoms with Crippen LogP contribution in [0.15, 0.2) is 42.5 Å². The summed E-state index contributed by atoms with van der Waals surface area (Å²) >= 11 is 0. The van der Waals surface area contributed by atoms with E-state index in [-0.39, 0.29) is 12.7 Å². The van der Waals surface area contributed by atoms with Gasteiger partial charge in [-0.25, -0.2) is 17.6 Å². The molecule has 20 heavy (non-hydrogen) atoms. The summed E-state index contributed by atoms with van der Waals surface area (Å²) in [6, 6.07) is 8.92. The zero-order chi connectivity index (χ0) is 14.5. The number of hydrogen-bond donors (Lipinski definition) is 0. The van der Waals surface area contributed by atoms with Gasteiger partial charge in [0.2, 0.25) is 0 Å². The summed E-state index contributed by atoms with van der Waals surface area (Å²) in [6.07, 6.45) is 2.22. The van der Waals surface area contributed by atoms with Gasteiger partial charge in [0.05, 0.1) is 5.56 Å². The molecule has 0 aliphatic rings. The molecule has 0 aromatic heterocycles. The molecule has 0 saturated heterocycles. The molecule has 0 amide bonds. The molecule has 0 spiro atoms. The highest BCUT2D eigenvalue weighted by Crippen LogP contribution is 2.20. The van der Waals surface area contributed by atoms with Gasteiger partial charge in [0.25, 0.3) is 0 Å². The van der Waals surface area contributed by atoms with Gasteiger partial charge >= 0.3 is 0 Å². The molecule has 104 valence electrons. The molecule has 0 unspecified atom stereocenters. The average molecular weight is 282 g/mol. The molecule has 5 heteroatoms. The average Bonchev–Trinajstić information content (AvgIpc) is 2.45. The SMILES string of the molecule is Fc1cc(F)c(F)c(/C=C/COc2ccccc2)c1F. The van der Waals surface area contributed by atoms with Crippen LogP contribution >= 0.6 is 0 Å². The smallest absolute Gasteiger partial charge is 0.169 e. The molecule has 0 heterocycles. The highest BCUT2D eigenvalue weighted by Gasteiger charge is 2.16. The summed E-state index contributed by atoms with van der Waals surface area (Å²) in [5.41, 5.74) is -0.765. The standard InChI is InChI=1S/C15H10F4O/c16-12-9-13(17)15(19)11(14(12)18)7-4-8-20-10-5-2-1-3-6-10/h1-7,9H,8H2/b7-4+. The second-order valence-electron chi connectivity index (χ2n) is 3.91. The Labute approximate surface area is 113 Å². The Kier molecular flexibility index (Phi) is 4.40. The maximum Gasteiger partial charge on any atom is 0.169 e. The fraction of sp³-hybridized carbons (Fsp3) is 0.0667. The molecule has 2 aromatic rings. The van der Waals surface area contributed by atoms with E-state index in [2.05, 4.69) is 0 Å². The first-order valence-corrected chi connectivity index (χ1v) is 5.77. The van der Waals surface area contributed by atoms with E-state index in [1.165, 1.54) is 6.08 Å². The summed E-state index contributed by atoms with van der Waals surface area (Å²) in [5, 5.41) is 0. The van der Waals surface area contributed by atoms with Crippen molar-refractivity contribution in [2.24, 2.45) is 0 Å². The second-order valence-corrected chi connectivity index (χ2v) is 3.91. The number of benzene rings is 2. The Balaban J connectivity index is 2.09. The highest BCUT2D eigenvalue weighted by molar-refractivity contribution is 5.51. The van der Waals surface area contributed by atoms with E-state index in [0.29, 0.717) is 5.75 Å². The molecule has 0 aliphatic carbocycles. The molecule has 0 radical (unpaired) electrons. The maximum atomic E-state index is 13.3. The first kappa shape index (κ1) is 14.1. The topological polar surface area (TPSA) is 9.23 Å². The molecular weight excluding hydrogens is 272 g/mol. The minimum Gasteiger partial charge on any atom is -0.490 e. The van der Waals surface area contributed by atoms with Crippen molar-refractivity contribution in [3.8, 4) is 5.75 Å². The summed E-state index contributed by atoms with van der Waals surface area (Å²) in [7, 11) is 0. The van der Waals surface area contributed by atoms with Crippen LogP contribution in [0.25, 0.3) is 6.08 Å². The summed E-state index contributed by atoms with van der Waals surface area (Å²) < 4.78 is 57.8. The Morgan fingerprint density at radius 1 is 0.900 bits per heavy atom. The third-order valence-electron chi connectivity index (χ3n) is 2.52. The van der Waals surface area contributed by atoms with E-state index in [0.717, 1.165) is 6.08 Å². The second kappa shape index (κ2) is 6.23. The number of halogens is 4. The van der Waals surface area contributed by atoms with Crippen LogP contribution in [0.3, 0.4) is 0 Å². The first-order valence-electron chi connectivity index (χ1n) is 5.77. The molecule has 0 aliphatic heterocycles. The summed E-state index contributed by atoms with van der Waals surface area (Å²) in [6.45, 7) is 0.0149. The quantitative estimate of drug-likeness (QED) is 0.599. The molecule has 0 saturated carbocycles. The summed E-state index contributed by atoms with van der Waals surface area (Å²) in [4.78, 5) is 0. The summed E-state index contributed by atoms with van der Waals surface area (Å²) in [5.74, 6) is -5.16. The van der Waals surface area contributed by atoms with Gasteiger partial charge in [-0.2, -0.15) is 0 Å². The molecule has 1 nitrogen and oxygen atoms in total. The monoisotopic (exact) mass is 282 g/mol. The van der Waals surface area contributed by atoms with Gasteiger partial charge in [-0.15, -0.1) is 0 Å². The third kappa shape index (κ3) is 3.17. The Morgan fingerprint density at radius 2 is 1.50 bits per heavy atom. The largest absolute Gasteiger partial charge is 0.490 e. The maximum absolute atomic E-state index is 13.3. The van der Waals surface area contributed by atoms with E-state index < -0.39 is 28.8 Å². The van der Waals surface area contributed by atoms with Crippen LogP contribution in [0, 0.1) is 23.3 Å². The predicted molar refractivity (Wildman–Crippen MR) is 67.2 cm³/mol. The number of ether oxygens (including phenoxy) is 1. The molecule has 2 aromatic carbocycles. The lowest BCUT2D eigenvalue weighted by molar-refractivity contribution is 0.363. The van der Waals surface area contributed by atoms with Gasteiger partial charge in [-0.1, -0.05) is 18.2 Å². The fourth-order valence-corrected chi connectivity index (χ4v) is 1.56. The third-order valence-corrected chi connectivity index (χ3v) is 2.52. The van der Waals surface area contributed by atoms with Gasteiger partial charge < -0.3 is 4.74 Å². The number of hydrogen-bond acceptors (Lipinski definition) is 1. The van der Waals surface area contributed by atoms with Crippen molar-refractivity contribution in [2.45, 2.75) is 0 Å². The first-order chi connectivity index (χ1) is 9.59. The van der Waals surface area contributed by atoms with Crippen molar-refractivity contribution in [3.63, 3.8) is 0 Å². The lowest BCUT2D eigenvalue weighted by atomic mass is 10.1. The minimum absolute atomic E-state index is 0.0149. The Bertz CT molecular complexity index is 597. The Hall–Kier alpha value is -2.30. The highest BCUT2D eigenvalue weighted by atomic mass is 19.2. The van der Waals surface area contributed by atoms with Crippen LogP contribution < -0.4 is 4.74 Å². The molecular formula is C15H10F4O. The zero-order valence-electron chi connectivity index (χ0n) is 10.2. The number of rotatable bonds is 4. The molecule has 0 fully saturated rings. The van der Waals surface area contributed by atoms with E-state index in [4.69, 9.17) is 4.74 Å². The van der Waals surface area contributed by atoms with Crippen molar-refractivity contribution in [1.82, 2.24) is 0 Å². The van der Waals surface area contributed by atoms with Crippen molar-refractivity contribution >= 4 is 6.08 Å². The van der Waals surface area contributed by atoms with Crippen LogP contribution in [0.2, 0.25) is 0 Å².